The van der Waals surface area contributed by atoms with Crippen LogP contribution in [0.3, 0.4) is 0 Å². The lowest BCUT2D eigenvalue weighted by Gasteiger charge is -2.09. The van der Waals surface area contributed by atoms with E-state index in [0.29, 0.717) is 0 Å². The molecule has 0 radical (unpaired) electrons. The molecule has 96 valence electrons. The van der Waals surface area contributed by atoms with E-state index >= 15 is 0 Å². The third kappa shape index (κ3) is 3.54. The summed E-state index contributed by atoms with van der Waals surface area (Å²) in [5, 5.41) is 16.7. The minimum atomic E-state index is -0.992. The molecule has 0 atom stereocenters. The molecule has 0 fully saturated rings. The van der Waals surface area contributed by atoms with Crippen molar-refractivity contribution >= 4 is 5.97 Å². The molecule has 5 nitrogen and oxygen atoms in total. The van der Waals surface area contributed by atoms with Gasteiger partial charge < -0.3 is 5.11 Å². The number of rotatable bonds is 7. The van der Waals surface area contributed by atoms with Gasteiger partial charge in [-0.1, -0.05) is 45.2 Å². The van der Waals surface area contributed by atoms with Crippen LogP contribution in [0.5, 0.6) is 0 Å². The van der Waals surface area contributed by atoms with Gasteiger partial charge in [0.25, 0.3) is 0 Å². The van der Waals surface area contributed by atoms with Gasteiger partial charge in [-0.3, -0.25) is 0 Å². The fraction of sp³-hybridized carbons (Fsp3) is 0.750. The van der Waals surface area contributed by atoms with E-state index in [0.717, 1.165) is 25.1 Å². The molecular formula is C12H21N3O2. The molecule has 1 aromatic rings. The SMILES string of the molecule is CCCCCCn1nnc(C(=O)O)c1C(C)C. The Hall–Kier alpha value is -1.39. The van der Waals surface area contributed by atoms with Gasteiger partial charge in [0.1, 0.15) is 0 Å². The quantitative estimate of drug-likeness (QED) is 0.743. The zero-order chi connectivity index (χ0) is 12.8. The second-order valence-electron chi connectivity index (χ2n) is 4.57. The molecule has 0 aliphatic rings. The van der Waals surface area contributed by atoms with E-state index in [1.165, 1.54) is 12.8 Å². The molecule has 1 N–H and O–H groups in total. The van der Waals surface area contributed by atoms with Crippen molar-refractivity contribution < 1.29 is 9.90 Å². The van der Waals surface area contributed by atoms with Gasteiger partial charge in [-0.05, 0) is 12.3 Å². The van der Waals surface area contributed by atoms with Crippen molar-refractivity contribution in [1.82, 2.24) is 15.0 Å². The van der Waals surface area contributed by atoms with Crippen LogP contribution in [0, 0.1) is 0 Å². The number of carbonyl (C=O) groups is 1. The van der Waals surface area contributed by atoms with Crippen LogP contribution in [0.2, 0.25) is 0 Å². The molecule has 0 saturated carbocycles. The maximum atomic E-state index is 11.0. The maximum Gasteiger partial charge on any atom is 0.358 e. The summed E-state index contributed by atoms with van der Waals surface area (Å²) >= 11 is 0. The number of hydrogen-bond acceptors (Lipinski definition) is 3. The first-order valence-electron chi connectivity index (χ1n) is 6.24. The summed E-state index contributed by atoms with van der Waals surface area (Å²) in [5.74, 6) is -0.865. The topological polar surface area (TPSA) is 68.0 Å². The van der Waals surface area contributed by atoms with Crippen LogP contribution in [-0.4, -0.2) is 26.1 Å². The van der Waals surface area contributed by atoms with Crippen molar-refractivity contribution in [3.63, 3.8) is 0 Å². The van der Waals surface area contributed by atoms with Gasteiger partial charge in [0.05, 0.1) is 5.69 Å². The lowest BCUT2D eigenvalue weighted by molar-refractivity contribution is 0.0688. The highest BCUT2D eigenvalue weighted by Crippen LogP contribution is 2.18. The third-order valence-corrected chi connectivity index (χ3v) is 2.75. The highest BCUT2D eigenvalue weighted by atomic mass is 16.4. The first-order valence-corrected chi connectivity index (χ1v) is 6.24. The molecule has 0 aliphatic carbocycles. The normalized spacial score (nSPS) is 11.1. The monoisotopic (exact) mass is 239 g/mol. The van der Waals surface area contributed by atoms with E-state index in [1.54, 1.807) is 4.68 Å². The summed E-state index contributed by atoms with van der Waals surface area (Å²) in [4.78, 5) is 11.0. The summed E-state index contributed by atoms with van der Waals surface area (Å²) in [6.45, 7) is 6.85. The highest BCUT2D eigenvalue weighted by molar-refractivity contribution is 5.86. The van der Waals surface area contributed by atoms with Crippen molar-refractivity contribution in [2.45, 2.75) is 58.9 Å². The van der Waals surface area contributed by atoms with Crippen LogP contribution < -0.4 is 0 Å². The lowest BCUT2D eigenvalue weighted by Crippen LogP contribution is -2.10. The van der Waals surface area contributed by atoms with Crippen molar-refractivity contribution in [1.29, 1.82) is 0 Å². The molecular weight excluding hydrogens is 218 g/mol. The Balaban J connectivity index is 2.74. The Bertz CT molecular complexity index is 372. The maximum absolute atomic E-state index is 11.0. The standard InChI is InChI=1S/C12H21N3O2/c1-4-5-6-7-8-15-11(9(2)3)10(12(16)17)13-14-15/h9H,4-8H2,1-3H3,(H,16,17). The molecule has 0 saturated heterocycles. The van der Waals surface area contributed by atoms with E-state index in [-0.39, 0.29) is 11.6 Å². The van der Waals surface area contributed by atoms with Crippen LogP contribution in [0.4, 0.5) is 0 Å². The predicted molar refractivity (Wildman–Crippen MR) is 65.2 cm³/mol. The molecule has 0 amide bonds. The first-order chi connectivity index (χ1) is 8.07. The minimum Gasteiger partial charge on any atom is -0.476 e. The zero-order valence-corrected chi connectivity index (χ0v) is 10.8. The average Bonchev–Trinajstić information content (AvgIpc) is 2.68. The molecule has 17 heavy (non-hydrogen) atoms. The molecule has 1 heterocycles. The average molecular weight is 239 g/mol. The lowest BCUT2D eigenvalue weighted by atomic mass is 10.1. The molecule has 0 spiro atoms. The fourth-order valence-electron chi connectivity index (χ4n) is 1.90. The predicted octanol–water partition coefficient (Wildman–Crippen LogP) is 2.68. The molecule has 5 heteroatoms. The van der Waals surface area contributed by atoms with Crippen LogP contribution in [0.25, 0.3) is 0 Å². The number of carboxylic acid groups (broad SMARTS) is 1. The number of unbranched alkanes of at least 4 members (excludes halogenated alkanes) is 3. The van der Waals surface area contributed by atoms with Gasteiger partial charge in [0, 0.05) is 6.54 Å². The Kier molecular flexibility index (Phi) is 5.12. The van der Waals surface area contributed by atoms with E-state index in [4.69, 9.17) is 5.11 Å². The summed E-state index contributed by atoms with van der Waals surface area (Å²) in [7, 11) is 0. The molecule has 1 aromatic heterocycles. The van der Waals surface area contributed by atoms with Crippen molar-refractivity contribution in [3.05, 3.63) is 11.4 Å². The molecule has 0 aliphatic heterocycles. The Morgan fingerprint density at radius 1 is 1.35 bits per heavy atom. The zero-order valence-electron chi connectivity index (χ0n) is 10.8. The van der Waals surface area contributed by atoms with Crippen LogP contribution >= 0.6 is 0 Å². The summed E-state index contributed by atoms with van der Waals surface area (Å²) in [6, 6.07) is 0. The van der Waals surface area contributed by atoms with Crippen molar-refractivity contribution in [3.8, 4) is 0 Å². The van der Waals surface area contributed by atoms with Crippen LogP contribution in [-0.2, 0) is 6.54 Å². The number of nitrogens with zero attached hydrogens (tertiary/aromatic N) is 3. The van der Waals surface area contributed by atoms with Gasteiger partial charge >= 0.3 is 5.97 Å². The fourth-order valence-corrected chi connectivity index (χ4v) is 1.90. The summed E-state index contributed by atoms with van der Waals surface area (Å²) in [5.41, 5.74) is 0.824. The van der Waals surface area contributed by atoms with E-state index in [1.807, 2.05) is 13.8 Å². The van der Waals surface area contributed by atoms with Gasteiger partial charge in [0.15, 0.2) is 5.69 Å². The van der Waals surface area contributed by atoms with E-state index < -0.39 is 5.97 Å². The second-order valence-corrected chi connectivity index (χ2v) is 4.57. The van der Waals surface area contributed by atoms with Crippen molar-refractivity contribution in [2.75, 3.05) is 0 Å². The summed E-state index contributed by atoms with van der Waals surface area (Å²) < 4.78 is 1.74. The number of aryl methyl sites for hydroxylation is 1. The minimum absolute atomic E-state index is 0.0930. The van der Waals surface area contributed by atoms with Gasteiger partial charge in [-0.15, -0.1) is 5.10 Å². The number of aromatic nitrogens is 3. The van der Waals surface area contributed by atoms with Gasteiger partial charge in [-0.25, -0.2) is 9.48 Å². The molecule has 1 rings (SSSR count). The Morgan fingerprint density at radius 3 is 2.59 bits per heavy atom. The van der Waals surface area contributed by atoms with Gasteiger partial charge in [0.2, 0.25) is 0 Å². The second kappa shape index (κ2) is 6.37. The van der Waals surface area contributed by atoms with Crippen molar-refractivity contribution in [2.24, 2.45) is 0 Å². The largest absolute Gasteiger partial charge is 0.476 e. The number of carboxylic acids is 1. The number of hydrogen-bond donors (Lipinski definition) is 1. The molecule has 0 unspecified atom stereocenters. The summed E-state index contributed by atoms with van der Waals surface area (Å²) in [6.07, 6.45) is 4.57. The highest BCUT2D eigenvalue weighted by Gasteiger charge is 2.20. The van der Waals surface area contributed by atoms with Gasteiger partial charge in [-0.2, -0.15) is 0 Å². The third-order valence-electron chi connectivity index (χ3n) is 2.75. The van der Waals surface area contributed by atoms with E-state index in [9.17, 15) is 4.79 Å². The first kappa shape index (κ1) is 13.7. The Labute approximate surface area is 102 Å². The Morgan fingerprint density at radius 2 is 2.06 bits per heavy atom. The molecule has 0 bridgehead atoms. The molecule has 0 aromatic carbocycles. The van der Waals surface area contributed by atoms with E-state index in [2.05, 4.69) is 17.2 Å². The van der Waals surface area contributed by atoms with Crippen LogP contribution in [0.1, 0.15) is 68.6 Å². The number of aromatic carboxylic acids is 1. The smallest absolute Gasteiger partial charge is 0.358 e. The van der Waals surface area contributed by atoms with Crippen LogP contribution in [0.15, 0.2) is 0 Å².